The molecule has 1 rings (SSSR count). The minimum Gasteiger partial charge on any atom is -0.432 e. The van der Waals surface area contributed by atoms with E-state index in [9.17, 15) is 18.0 Å². The van der Waals surface area contributed by atoms with E-state index in [2.05, 4.69) is 4.74 Å². The number of rotatable bonds is 6. The van der Waals surface area contributed by atoms with Gasteiger partial charge in [0.1, 0.15) is 0 Å². The van der Waals surface area contributed by atoms with Gasteiger partial charge in [0.25, 0.3) is 0 Å². The summed E-state index contributed by atoms with van der Waals surface area (Å²) in [6, 6.07) is 1.97. The van der Waals surface area contributed by atoms with Crippen molar-refractivity contribution in [1.82, 2.24) is 4.90 Å². The maximum Gasteiger partial charge on any atom is 0.387 e. The highest BCUT2D eigenvalue weighted by molar-refractivity contribution is 5.83. The molecule has 0 aliphatic rings. The number of benzene rings is 1. The van der Waals surface area contributed by atoms with Crippen LogP contribution >= 0.6 is 0 Å². The molecule has 118 valence electrons. The van der Waals surface area contributed by atoms with Gasteiger partial charge in [0.05, 0.1) is 17.9 Å². The van der Waals surface area contributed by atoms with Crippen LogP contribution < -0.4 is 15.4 Å². The monoisotopic (exact) mass is 305 g/mol. The molecule has 0 aliphatic heterocycles. The van der Waals surface area contributed by atoms with E-state index < -0.39 is 18.2 Å². The van der Waals surface area contributed by atoms with Crippen LogP contribution in [0.4, 0.5) is 24.5 Å². The van der Waals surface area contributed by atoms with Crippen molar-refractivity contribution < 1.29 is 22.7 Å². The van der Waals surface area contributed by atoms with Crippen LogP contribution in [0.3, 0.4) is 0 Å². The first-order valence-electron chi connectivity index (χ1n) is 6.25. The van der Waals surface area contributed by atoms with Crippen molar-refractivity contribution in [3.05, 3.63) is 17.9 Å². The van der Waals surface area contributed by atoms with Gasteiger partial charge in [-0.05, 0) is 6.92 Å². The Morgan fingerprint density at radius 3 is 2.48 bits per heavy atom. The summed E-state index contributed by atoms with van der Waals surface area (Å²) in [4.78, 5) is 14.7. The molecule has 0 aromatic heterocycles. The molecule has 0 fully saturated rings. The van der Waals surface area contributed by atoms with E-state index >= 15 is 0 Å². The molecule has 5 nitrogen and oxygen atoms in total. The molecule has 0 saturated carbocycles. The maximum atomic E-state index is 13.5. The Morgan fingerprint density at radius 1 is 1.38 bits per heavy atom. The largest absolute Gasteiger partial charge is 0.432 e. The topological polar surface area (TPSA) is 58.8 Å². The van der Waals surface area contributed by atoms with E-state index in [0.717, 1.165) is 12.1 Å². The maximum absolute atomic E-state index is 13.5. The van der Waals surface area contributed by atoms with Gasteiger partial charge in [0.2, 0.25) is 5.91 Å². The number of halogens is 3. The zero-order chi connectivity index (χ0) is 16.2. The predicted octanol–water partition coefficient (Wildman–Crippen LogP) is 1.92. The van der Waals surface area contributed by atoms with Gasteiger partial charge in [-0.25, -0.2) is 4.39 Å². The SMILES string of the molecule is CCN(CC(=O)N(C)C)c1cc(OC(F)F)c(F)cc1N. The van der Waals surface area contributed by atoms with E-state index in [1.807, 2.05) is 0 Å². The van der Waals surface area contributed by atoms with Crippen molar-refractivity contribution in [2.75, 3.05) is 37.8 Å². The Morgan fingerprint density at radius 2 is 2.00 bits per heavy atom. The lowest BCUT2D eigenvalue weighted by atomic mass is 10.2. The first-order valence-corrected chi connectivity index (χ1v) is 6.25. The quantitative estimate of drug-likeness (QED) is 0.816. The summed E-state index contributed by atoms with van der Waals surface area (Å²) in [6.45, 7) is -0.995. The molecular formula is C13H18F3N3O2. The van der Waals surface area contributed by atoms with Gasteiger partial charge in [-0.2, -0.15) is 8.78 Å². The zero-order valence-electron chi connectivity index (χ0n) is 12.1. The number of carbonyl (C=O) groups is 1. The van der Waals surface area contributed by atoms with Gasteiger partial charge in [-0.1, -0.05) is 0 Å². The summed E-state index contributed by atoms with van der Waals surface area (Å²) in [5.74, 6) is -1.78. The van der Waals surface area contributed by atoms with Crippen LogP contribution in [0.25, 0.3) is 0 Å². The molecule has 0 radical (unpaired) electrons. The molecule has 1 aromatic carbocycles. The molecule has 0 bridgehead atoms. The Bertz CT molecular complexity index is 510. The van der Waals surface area contributed by atoms with Crippen LogP contribution in [0, 0.1) is 5.82 Å². The fourth-order valence-corrected chi connectivity index (χ4v) is 1.69. The van der Waals surface area contributed by atoms with Gasteiger partial charge < -0.3 is 20.3 Å². The van der Waals surface area contributed by atoms with E-state index in [-0.39, 0.29) is 23.8 Å². The normalized spacial score (nSPS) is 10.6. The van der Waals surface area contributed by atoms with Gasteiger partial charge in [-0.3, -0.25) is 4.79 Å². The van der Waals surface area contributed by atoms with Crippen molar-refractivity contribution in [3.63, 3.8) is 0 Å². The molecule has 0 spiro atoms. The highest BCUT2D eigenvalue weighted by atomic mass is 19.3. The Balaban J connectivity index is 3.11. The van der Waals surface area contributed by atoms with Crippen LogP contribution in [0.15, 0.2) is 12.1 Å². The van der Waals surface area contributed by atoms with Crippen molar-refractivity contribution in [2.24, 2.45) is 0 Å². The summed E-state index contributed by atoms with van der Waals surface area (Å²) < 4.78 is 42.1. The van der Waals surface area contributed by atoms with E-state index in [1.54, 1.807) is 25.9 Å². The Kier molecular flexibility index (Phi) is 5.69. The molecule has 0 aliphatic carbocycles. The zero-order valence-corrected chi connectivity index (χ0v) is 12.1. The molecule has 0 saturated heterocycles. The number of nitrogens with two attached hydrogens (primary N) is 1. The Labute approximate surface area is 121 Å². The Hall–Kier alpha value is -2.12. The van der Waals surface area contributed by atoms with Gasteiger partial charge >= 0.3 is 6.61 Å². The highest BCUT2D eigenvalue weighted by Crippen LogP contribution is 2.31. The van der Waals surface area contributed by atoms with Crippen molar-refractivity contribution in [3.8, 4) is 5.75 Å². The summed E-state index contributed by atoms with van der Waals surface area (Å²) in [6.07, 6.45) is 0. The lowest BCUT2D eigenvalue weighted by molar-refractivity contribution is -0.127. The van der Waals surface area contributed by atoms with Crippen LogP contribution in [-0.4, -0.2) is 44.6 Å². The molecule has 1 aromatic rings. The number of hydrogen-bond donors (Lipinski definition) is 1. The lowest BCUT2D eigenvalue weighted by Gasteiger charge is -2.26. The average Bonchev–Trinajstić information content (AvgIpc) is 2.38. The van der Waals surface area contributed by atoms with Crippen LogP contribution in [0.1, 0.15) is 6.92 Å². The number of alkyl halides is 2. The van der Waals surface area contributed by atoms with Crippen LogP contribution in [-0.2, 0) is 4.79 Å². The number of anilines is 2. The van der Waals surface area contributed by atoms with Gasteiger partial charge in [-0.15, -0.1) is 0 Å². The number of amides is 1. The van der Waals surface area contributed by atoms with Crippen molar-refractivity contribution >= 4 is 17.3 Å². The molecule has 0 unspecified atom stereocenters. The second kappa shape index (κ2) is 7.05. The number of ether oxygens (including phenoxy) is 1. The average molecular weight is 305 g/mol. The van der Waals surface area contributed by atoms with E-state index in [0.29, 0.717) is 6.54 Å². The molecule has 21 heavy (non-hydrogen) atoms. The minimum atomic E-state index is -3.14. The van der Waals surface area contributed by atoms with E-state index in [4.69, 9.17) is 5.73 Å². The molecule has 2 N–H and O–H groups in total. The summed E-state index contributed by atoms with van der Waals surface area (Å²) in [5, 5.41) is 0. The van der Waals surface area contributed by atoms with Crippen LogP contribution in [0.5, 0.6) is 5.75 Å². The first kappa shape index (κ1) is 16.9. The molecule has 8 heteroatoms. The molecule has 1 amide bonds. The lowest BCUT2D eigenvalue weighted by Crippen LogP contribution is -2.37. The van der Waals surface area contributed by atoms with E-state index in [1.165, 1.54) is 4.90 Å². The number of carbonyl (C=O) groups excluding carboxylic acids is 1. The second-order valence-corrected chi connectivity index (χ2v) is 4.52. The number of likely N-dealkylation sites (N-methyl/N-ethyl adjacent to an activating group) is 2. The highest BCUT2D eigenvalue weighted by Gasteiger charge is 2.18. The standard InChI is InChI=1S/C13H18F3N3O2/c1-4-19(7-12(20)18(2)3)10-6-11(21-13(15)16)8(14)5-9(10)17/h5-6,13H,4,7,17H2,1-3H3. The summed E-state index contributed by atoms with van der Waals surface area (Å²) in [5.41, 5.74) is 6.01. The smallest absolute Gasteiger partial charge is 0.387 e. The summed E-state index contributed by atoms with van der Waals surface area (Å²) in [7, 11) is 3.19. The first-order chi connectivity index (χ1) is 9.76. The predicted molar refractivity (Wildman–Crippen MR) is 74.0 cm³/mol. The fraction of sp³-hybridized carbons (Fsp3) is 0.462. The van der Waals surface area contributed by atoms with Crippen LogP contribution in [0.2, 0.25) is 0 Å². The number of nitrogen functional groups attached to an aromatic ring is 1. The third-order valence-electron chi connectivity index (χ3n) is 2.84. The summed E-state index contributed by atoms with van der Waals surface area (Å²) >= 11 is 0. The van der Waals surface area contributed by atoms with Gasteiger partial charge in [0, 0.05) is 32.8 Å². The number of nitrogens with zero attached hydrogens (tertiary/aromatic N) is 2. The van der Waals surface area contributed by atoms with Crippen molar-refractivity contribution in [1.29, 1.82) is 0 Å². The molecule has 0 heterocycles. The molecular weight excluding hydrogens is 287 g/mol. The third-order valence-corrected chi connectivity index (χ3v) is 2.84. The van der Waals surface area contributed by atoms with Crippen molar-refractivity contribution in [2.45, 2.75) is 13.5 Å². The molecule has 0 atom stereocenters. The van der Waals surface area contributed by atoms with Gasteiger partial charge in [0.15, 0.2) is 11.6 Å². The second-order valence-electron chi connectivity index (χ2n) is 4.52. The fourth-order valence-electron chi connectivity index (χ4n) is 1.69. The third kappa shape index (κ3) is 4.44. The number of hydrogen-bond acceptors (Lipinski definition) is 4. The minimum absolute atomic E-state index is 0.00650.